The molecule has 0 aliphatic heterocycles. The number of hydrogen-bond donors (Lipinski definition) is 0. The summed E-state index contributed by atoms with van der Waals surface area (Å²) in [5.41, 5.74) is 0.664. The molecule has 0 heterocycles. The van der Waals surface area contributed by atoms with Crippen LogP contribution in [0.3, 0.4) is 0 Å². The average Bonchev–Trinajstić information content (AvgIpc) is 2.04. The van der Waals surface area contributed by atoms with Crippen LogP contribution in [0.2, 0.25) is 5.02 Å². The molecule has 0 spiro atoms. The zero-order valence-electron chi connectivity index (χ0n) is 5.50. The average molecular weight is 163 g/mol. The molecule has 0 unspecified atom stereocenters. The van der Waals surface area contributed by atoms with Gasteiger partial charge < -0.3 is 0 Å². The minimum atomic E-state index is 0.313. The van der Waals surface area contributed by atoms with E-state index in [1.807, 2.05) is 0 Å². The maximum Gasteiger partial charge on any atom is 0.196 e. The van der Waals surface area contributed by atoms with E-state index in [1.54, 1.807) is 12.1 Å². The van der Waals surface area contributed by atoms with Gasteiger partial charge >= 0.3 is 0 Å². The number of rotatable bonds is 0. The molecule has 0 fully saturated rings. The number of hydrogen-bond acceptors (Lipinski definition) is 0. The van der Waals surface area contributed by atoms with Gasteiger partial charge in [-0.3, -0.25) is 9.69 Å². The van der Waals surface area contributed by atoms with Crippen LogP contribution >= 0.6 is 11.6 Å². The molecule has 0 aliphatic rings. The fourth-order valence-corrected chi connectivity index (χ4v) is 0.847. The monoisotopic (exact) mass is 162 g/mol. The molecule has 11 heavy (non-hydrogen) atoms. The molecule has 0 radical (unpaired) electrons. The molecule has 0 bridgehead atoms. The summed E-state index contributed by atoms with van der Waals surface area (Å²) in [5, 5.41) is 0.489. The maximum atomic E-state index is 6.71. The molecule has 0 saturated carbocycles. The van der Waals surface area contributed by atoms with E-state index in [4.69, 9.17) is 24.7 Å². The minimum absolute atomic E-state index is 0.313. The van der Waals surface area contributed by atoms with Gasteiger partial charge in [0.1, 0.15) is 0 Å². The Morgan fingerprint density at radius 1 is 1.09 bits per heavy atom. The van der Waals surface area contributed by atoms with E-state index < -0.39 is 0 Å². The van der Waals surface area contributed by atoms with Crippen molar-refractivity contribution < 1.29 is 0 Å². The molecule has 52 valence electrons. The molecular formula is C8H3ClN2. The van der Waals surface area contributed by atoms with Gasteiger partial charge in [0.2, 0.25) is 0 Å². The van der Waals surface area contributed by atoms with E-state index in [2.05, 4.69) is 9.69 Å². The summed E-state index contributed by atoms with van der Waals surface area (Å²) >= 11 is 5.61. The van der Waals surface area contributed by atoms with Crippen LogP contribution in [0.5, 0.6) is 0 Å². The predicted molar refractivity (Wildman–Crippen MR) is 44.0 cm³/mol. The van der Waals surface area contributed by atoms with Crippen molar-refractivity contribution in [2.24, 2.45) is 0 Å². The van der Waals surface area contributed by atoms with Crippen LogP contribution in [-0.4, -0.2) is 0 Å². The SMILES string of the molecule is [C-]#[N+]c1ccc(Cl)cc1[N+]#[C-]. The highest BCUT2D eigenvalue weighted by Gasteiger charge is 2.00. The Hall–Kier alpha value is -1.51. The molecule has 1 rings (SSSR count). The van der Waals surface area contributed by atoms with Crippen molar-refractivity contribution >= 4 is 23.0 Å². The highest BCUT2D eigenvalue weighted by atomic mass is 35.5. The van der Waals surface area contributed by atoms with E-state index in [0.717, 1.165) is 0 Å². The van der Waals surface area contributed by atoms with Gasteiger partial charge in [-0.15, -0.1) is 0 Å². The van der Waals surface area contributed by atoms with Crippen molar-refractivity contribution in [3.05, 3.63) is 46.1 Å². The Labute approximate surface area is 69.7 Å². The highest BCUT2D eigenvalue weighted by Crippen LogP contribution is 2.30. The lowest BCUT2D eigenvalue weighted by molar-refractivity contribution is 1.72. The largest absolute Gasteiger partial charge is 0.250 e. The molecule has 0 atom stereocenters. The first-order chi connectivity index (χ1) is 5.27. The summed E-state index contributed by atoms with van der Waals surface area (Å²) in [4.78, 5) is 6.31. The number of halogens is 1. The summed E-state index contributed by atoms with van der Waals surface area (Å²) in [5.74, 6) is 0. The van der Waals surface area contributed by atoms with Crippen molar-refractivity contribution in [2.75, 3.05) is 0 Å². The first kappa shape index (κ1) is 7.60. The Bertz CT molecular complexity index is 357. The van der Waals surface area contributed by atoms with Gasteiger partial charge in [-0.2, -0.15) is 0 Å². The third kappa shape index (κ3) is 1.49. The van der Waals surface area contributed by atoms with Crippen LogP contribution in [0.1, 0.15) is 0 Å². The quantitative estimate of drug-likeness (QED) is 0.517. The van der Waals surface area contributed by atoms with Crippen molar-refractivity contribution in [3.8, 4) is 0 Å². The molecule has 0 aromatic heterocycles. The summed E-state index contributed by atoms with van der Waals surface area (Å²) in [6.07, 6.45) is 0. The normalized spacial score (nSPS) is 8.27. The van der Waals surface area contributed by atoms with Gasteiger partial charge in [0.15, 0.2) is 11.4 Å². The lowest BCUT2D eigenvalue weighted by Gasteiger charge is -1.93. The van der Waals surface area contributed by atoms with Crippen molar-refractivity contribution in [2.45, 2.75) is 0 Å². The van der Waals surface area contributed by atoms with Crippen molar-refractivity contribution in [1.29, 1.82) is 0 Å². The summed E-state index contributed by atoms with van der Waals surface area (Å²) in [7, 11) is 0. The van der Waals surface area contributed by atoms with Gasteiger partial charge in [0, 0.05) is 5.02 Å². The molecule has 0 aliphatic carbocycles. The minimum Gasteiger partial charge on any atom is -0.250 e. The van der Waals surface area contributed by atoms with E-state index in [9.17, 15) is 0 Å². The van der Waals surface area contributed by atoms with E-state index >= 15 is 0 Å². The highest BCUT2D eigenvalue weighted by molar-refractivity contribution is 6.31. The molecule has 1 aromatic carbocycles. The number of benzene rings is 1. The third-order valence-corrected chi connectivity index (χ3v) is 1.41. The summed E-state index contributed by atoms with van der Waals surface area (Å²) < 4.78 is 0. The Morgan fingerprint density at radius 3 is 2.27 bits per heavy atom. The standard InChI is InChI=1S/C8H3ClN2/c1-10-7-4-3-6(9)5-8(7)11-2/h3-5H. The lowest BCUT2D eigenvalue weighted by Crippen LogP contribution is -1.63. The van der Waals surface area contributed by atoms with Gasteiger partial charge in [-0.25, -0.2) is 0 Å². The second-order valence-electron chi connectivity index (χ2n) is 1.86. The third-order valence-electron chi connectivity index (χ3n) is 1.18. The zero-order valence-corrected chi connectivity index (χ0v) is 6.26. The van der Waals surface area contributed by atoms with Crippen LogP contribution in [0, 0.1) is 13.1 Å². The smallest absolute Gasteiger partial charge is 0.196 e. The van der Waals surface area contributed by atoms with Crippen LogP contribution in [0.15, 0.2) is 18.2 Å². The number of nitrogens with zero attached hydrogens (tertiary/aromatic N) is 2. The summed E-state index contributed by atoms with van der Waals surface area (Å²) in [6, 6.07) is 4.63. The first-order valence-corrected chi connectivity index (χ1v) is 3.20. The van der Waals surface area contributed by atoms with E-state index in [1.165, 1.54) is 6.07 Å². The Kier molecular flexibility index (Phi) is 2.11. The van der Waals surface area contributed by atoms with Crippen LogP contribution < -0.4 is 0 Å². The van der Waals surface area contributed by atoms with Crippen molar-refractivity contribution in [3.63, 3.8) is 0 Å². The maximum absolute atomic E-state index is 6.71. The molecule has 0 saturated heterocycles. The molecule has 2 nitrogen and oxygen atoms in total. The predicted octanol–water partition coefficient (Wildman–Crippen LogP) is 3.44. The second-order valence-corrected chi connectivity index (χ2v) is 2.29. The molecule has 0 N–H and O–H groups in total. The van der Waals surface area contributed by atoms with E-state index in [0.29, 0.717) is 16.4 Å². The van der Waals surface area contributed by atoms with Gasteiger partial charge in [0.25, 0.3) is 0 Å². The van der Waals surface area contributed by atoms with E-state index in [-0.39, 0.29) is 0 Å². The van der Waals surface area contributed by atoms with Crippen LogP contribution in [0.25, 0.3) is 9.69 Å². The Morgan fingerprint density at radius 2 is 1.73 bits per heavy atom. The second kappa shape index (κ2) is 3.05. The fraction of sp³-hybridized carbons (Fsp3) is 0. The summed E-state index contributed by atoms with van der Waals surface area (Å²) in [6.45, 7) is 13.4. The lowest BCUT2D eigenvalue weighted by atomic mass is 10.3. The van der Waals surface area contributed by atoms with Crippen LogP contribution in [-0.2, 0) is 0 Å². The van der Waals surface area contributed by atoms with Gasteiger partial charge in [-0.1, -0.05) is 23.7 Å². The van der Waals surface area contributed by atoms with Gasteiger partial charge in [-0.05, 0) is 6.07 Å². The zero-order chi connectivity index (χ0) is 8.27. The first-order valence-electron chi connectivity index (χ1n) is 2.82. The van der Waals surface area contributed by atoms with Gasteiger partial charge in [0.05, 0.1) is 13.1 Å². The molecule has 3 heteroatoms. The van der Waals surface area contributed by atoms with Crippen LogP contribution in [0.4, 0.5) is 11.4 Å². The molecule has 0 amide bonds. The fourth-order valence-electron chi connectivity index (χ4n) is 0.681. The van der Waals surface area contributed by atoms with Crippen molar-refractivity contribution in [1.82, 2.24) is 0 Å². The topological polar surface area (TPSA) is 8.72 Å². The molecular weight excluding hydrogens is 160 g/mol. The Balaban J connectivity index is 3.34. The molecule has 1 aromatic rings.